The maximum atomic E-state index is 9.84. The van der Waals surface area contributed by atoms with Crippen LogP contribution in [0, 0.1) is 0 Å². The SMILES string of the molecule is OC[C@]1(c2ccccc2)COc2ccccc21. The lowest BCUT2D eigenvalue weighted by Crippen LogP contribution is -2.33. The van der Waals surface area contributed by atoms with Crippen LogP contribution in [0.25, 0.3) is 0 Å². The van der Waals surface area contributed by atoms with E-state index in [1.807, 2.05) is 54.6 Å². The fourth-order valence-corrected chi connectivity index (χ4v) is 2.48. The van der Waals surface area contributed by atoms with Gasteiger partial charge in [-0.1, -0.05) is 48.5 Å². The fraction of sp³-hybridized carbons (Fsp3) is 0.200. The molecule has 1 aliphatic heterocycles. The van der Waals surface area contributed by atoms with Gasteiger partial charge in [0.25, 0.3) is 0 Å². The lowest BCUT2D eigenvalue weighted by Gasteiger charge is -2.26. The third kappa shape index (κ3) is 1.45. The highest BCUT2D eigenvalue weighted by Crippen LogP contribution is 2.42. The summed E-state index contributed by atoms with van der Waals surface area (Å²) < 4.78 is 5.70. The summed E-state index contributed by atoms with van der Waals surface area (Å²) in [6, 6.07) is 18.0. The summed E-state index contributed by atoms with van der Waals surface area (Å²) in [7, 11) is 0. The van der Waals surface area contributed by atoms with Gasteiger partial charge >= 0.3 is 0 Å². The average molecular weight is 226 g/mol. The molecule has 0 saturated heterocycles. The molecule has 0 spiro atoms. The molecule has 0 unspecified atom stereocenters. The Bertz CT molecular complexity index is 521. The second-order valence-corrected chi connectivity index (χ2v) is 4.39. The molecule has 0 radical (unpaired) electrons. The van der Waals surface area contributed by atoms with Crippen LogP contribution in [0.5, 0.6) is 5.75 Å². The van der Waals surface area contributed by atoms with Gasteiger partial charge in [-0.15, -0.1) is 0 Å². The zero-order chi connectivity index (χ0) is 11.7. The van der Waals surface area contributed by atoms with Gasteiger partial charge in [0.2, 0.25) is 0 Å². The number of hydrogen-bond donors (Lipinski definition) is 1. The minimum absolute atomic E-state index is 0.0635. The summed E-state index contributed by atoms with van der Waals surface area (Å²) in [5, 5.41) is 9.84. The van der Waals surface area contributed by atoms with Crippen molar-refractivity contribution in [2.24, 2.45) is 0 Å². The van der Waals surface area contributed by atoms with Crippen LogP contribution in [0.15, 0.2) is 54.6 Å². The van der Waals surface area contributed by atoms with E-state index in [0.717, 1.165) is 16.9 Å². The monoisotopic (exact) mass is 226 g/mol. The van der Waals surface area contributed by atoms with E-state index in [0.29, 0.717) is 6.61 Å². The van der Waals surface area contributed by atoms with Gasteiger partial charge in [-0.05, 0) is 11.6 Å². The number of benzene rings is 2. The van der Waals surface area contributed by atoms with Crippen molar-refractivity contribution in [2.75, 3.05) is 13.2 Å². The molecule has 2 nitrogen and oxygen atoms in total. The second kappa shape index (κ2) is 3.90. The molecule has 1 N–H and O–H groups in total. The fourth-order valence-electron chi connectivity index (χ4n) is 2.48. The van der Waals surface area contributed by atoms with E-state index in [-0.39, 0.29) is 6.61 Å². The van der Waals surface area contributed by atoms with Gasteiger partial charge < -0.3 is 9.84 Å². The summed E-state index contributed by atoms with van der Waals surface area (Å²) in [6.45, 7) is 0.570. The van der Waals surface area contributed by atoms with Gasteiger partial charge in [0.15, 0.2) is 0 Å². The number of hydrogen-bond acceptors (Lipinski definition) is 2. The molecule has 1 aliphatic rings. The van der Waals surface area contributed by atoms with Crippen LogP contribution in [0.3, 0.4) is 0 Å². The van der Waals surface area contributed by atoms with E-state index < -0.39 is 5.41 Å². The van der Waals surface area contributed by atoms with Crippen molar-refractivity contribution in [3.8, 4) is 5.75 Å². The van der Waals surface area contributed by atoms with E-state index in [4.69, 9.17) is 4.74 Å². The Balaban J connectivity index is 2.18. The molecule has 2 aromatic rings. The first-order valence-corrected chi connectivity index (χ1v) is 5.75. The van der Waals surface area contributed by atoms with E-state index >= 15 is 0 Å². The number of aliphatic hydroxyl groups excluding tert-OH is 1. The largest absolute Gasteiger partial charge is 0.492 e. The molecule has 0 saturated carbocycles. The Kier molecular flexibility index (Phi) is 2.37. The maximum absolute atomic E-state index is 9.84. The van der Waals surface area contributed by atoms with Gasteiger partial charge in [0.05, 0.1) is 12.0 Å². The summed E-state index contributed by atoms with van der Waals surface area (Å²) in [5.41, 5.74) is 1.78. The molecule has 3 rings (SSSR count). The molecule has 0 amide bonds. The normalized spacial score (nSPS) is 21.9. The number of para-hydroxylation sites is 1. The third-order valence-electron chi connectivity index (χ3n) is 3.47. The van der Waals surface area contributed by atoms with E-state index in [9.17, 15) is 5.11 Å². The highest BCUT2D eigenvalue weighted by Gasteiger charge is 2.41. The Morgan fingerprint density at radius 1 is 1.00 bits per heavy atom. The number of rotatable bonds is 2. The first-order chi connectivity index (χ1) is 8.37. The number of fused-ring (bicyclic) bond motifs is 1. The zero-order valence-electron chi connectivity index (χ0n) is 9.47. The van der Waals surface area contributed by atoms with Gasteiger partial charge in [-0.2, -0.15) is 0 Å². The molecule has 0 bridgehead atoms. The minimum atomic E-state index is -0.405. The van der Waals surface area contributed by atoms with Crippen LogP contribution in [0.2, 0.25) is 0 Å². The van der Waals surface area contributed by atoms with Crippen LogP contribution < -0.4 is 4.74 Å². The topological polar surface area (TPSA) is 29.5 Å². The molecule has 0 aliphatic carbocycles. The molecule has 0 fully saturated rings. The molecular weight excluding hydrogens is 212 g/mol. The Morgan fingerprint density at radius 3 is 2.47 bits per heavy atom. The van der Waals surface area contributed by atoms with Crippen molar-refractivity contribution in [2.45, 2.75) is 5.41 Å². The van der Waals surface area contributed by atoms with Crippen molar-refractivity contribution in [1.29, 1.82) is 0 Å². The Hall–Kier alpha value is -1.80. The standard InChI is InChI=1S/C15H14O2/c16-10-15(12-6-2-1-3-7-12)11-17-14-9-5-4-8-13(14)15/h1-9,16H,10-11H2/t15-/m1/s1. The lowest BCUT2D eigenvalue weighted by atomic mass is 9.77. The first kappa shape index (κ1) is 10.4. The van der Waals surface area contributed by atoms with Crippen molar-refractivity contribution in [3.05, 3.63) is 65.7 Å². The summed E-state index contributed by atoms with van der Waals surface area (Å²) >= 11 is 0. The highest BCUT2D eigenvalue weighted by atomic mass is 16.5. The quantitative estimate of drug-likeness (QED) is 0.851. The van der Waals surface area contributed by atoms with Crippen LogP contribution in [-0.2, 0) is 5.41 Å². The molecule has 2 aromatic carbocycles. The van der Waals surface area contributed by atoms with Crippen LogP contribution >= 0.6 is 0 Å². The van der Waals surface area contributed by atoms with Crippen LogP contribution in [-0.4, -0.2) is 18.3 Å². The van der Waals surface area contributed by atoms with Gasteiger partial charge in [0, 0.05) is 5.56 Å². The molecule has 1 atom stereocenters. The molecule has 2 heteroatoms. The summed E-state index contributed by atoms with van der Waals surface area (Å²) in [6.07, 6.45) is 0. The third-order valence-corrected chi connectivity index (χ3v) is 3.47. The highest BCUT2D eigenvalue weighted by molar-refractivity contribution is 5.50. The zero-order valence-corrected chi connectivity index (χ0v) is 9.47. The van der Waals surface area contributed by atoms with Crippen molar-refractivity contribution >= 4 is 0 Å². The molecule has 0 aromatic heterocycles. The summed E-state index contributed by atoms with van der Waals surface area (Å²) in [5.74, 6) is 0.880. The van der Waals surface area contributed by atoms with Gasteiger partial charge in [-0.3, -0.25) is 0 Å². The van der Waals surface area contributed by atoms with Crippen molar-refractivity contribution < 1.29 is 9.84 Å². The smallest absolute Gasteiger partial charge is 0.123 e. The van der Waals surface area contributed by atoms with E-state index in [2.05, 4.69) is 0 Å². The second-order valence-electron chi connectivity index (χ2n) is 4.39. The Labute approximate surface area is 100 Å². The van der Waals surface area contributed by atoms with Crippen molar-refractivity contribution in [3.63, 3.8) is 0 Å². The van der Waals surface area contributed by atoms with Gasteiger partial charge in [-0.25, -0.2) is 0 Å². The predicted molar refractivity (Wildman–Crippen MR) is 66.2 cm³/mol. The molecule has 17 heavy (non-hydrogen) atoms. The van der Waals surface area contributed by atoms with Crippen LogP contribution in [0.4, 0.5) is 0 Å². The molecular formula is C15H14O2. The van der Waals surface area contributed by atoms with Crippen molar-refractivity contribution in [1.82, 2.24) is 0 Å². The average Bonchev–Trinajstić information content (AvgIpc) is 2.80. The first-order valence-electron chi connectivity index (χ1n) is 5.75. The van der Waals surface area contributed by atoms with E-state index in [1.54, 1.807) is 0 Å². The molecule has 1 heterocycles. The lowest BCUT2D eigenvalue weighted by molar-refractivity contribution is 0.185. The van der Waals surface area contributed by atoms with Crippen LogP contribution in [0.1, 0.15) is 11.1 Å². The minimum Gasteiger partial charge on any atom is -0.492 e. The molecule has 86 valence electrons. The Morgan fingerprint density at radius 2 is 1.71 bits per heavy atom. The maximum Gasteiger partial charge on any atom is 0.123 e. The number of ether oxygens (including phenoxy) is 1. The predicted octanol–water partition coefficient (Wildman–Crippen LogP) is 2.36. The van der Waals surface area contributed by atoms with Gasteiger partial charge in [0.1, 0.15) is 12.4 Å². The summed E-state index contributed by atoms with van der Waals surface area (Å²) in [4.78, 5) is 0. The van der Waals surface area contributed by atoms with E-state index in [1.165, 1.54) is 0 Å². The number of aliphatic hydroxyl groups is 1.